The van der Waals surface area contributed by atoms with Gasteiger partial charge in [-0.3, -0.25) is 0 Å². The summed E-state index contributed by atoms with van der Waals surface area (Å²) in [7, 11) is 0. The van der Waals surface area contributed by atoms with E-state index in [1.54, 1.807) is 0 Å². The lowest BCUT2D eigenvalue weighted by Crippen LogP contribution is -2.15. The molecule has 0 aromatic heterocycles. The van der Waals surface area contributed by atoms with Gasteiger partial charge in [0.15, 0.2) is 0 Å². The highest BCUT2D eigenvalue weighted by Crippen LogP contribution is 2.46. The fourth-order valence-electron chi connectivity index (χ4n) is 9.86. The van der Waals surface area contributed by atoms with E-state index in [-0.39, 0.29) is 6.10 Å². The summed E-state index contributed by atoms with van der Waals surface area (Å²) in [4.78, 5) is 4.85. The molecule has 6 aromatic carbocycles. The van der Waals surface area contributed by atoms with Gasteiger partial charge in [-0.05, 0) is 180 Å². The summed E-state index contributed by atoms with van der Waals surface area (Å²) in [6, 6.07) is 43.9. The van der Waals surface area contributed by atoms with E-state index in [4.69, 9.17) is 4.74 Å². The molecule has 0 saturated carbocycles. The van der Waals surface area contributed by atoms with Gasteiger partial charge in [0.05, 0.1) is 0 Å². The number of allylic oxidation sites excluding steroid dienone is 3. The van der Waals surface area contributed by atoms with Crippen LogP contribution in [0.1, 0.15) is 117 Å². The Hall–Kier alpha value is -6.06. The number of aryl methyl sites for hydroxylation is 8. The first-order valence-electron chi connectivity index (χ1n) is 23.9. The Morgan fingerprint density at radius 2 is 0.794 bits per heavy atom. The molecule has 322 valence electrons. The lowest BCUT2D eigenvalue weighted by Gasteiger charge is -2.28. The molecular formula is C60H66N2O. The topological polar surface area (TPSA) is 15.7 Å². The van der Waals surface area contributed by atoms with Crippen molar-refractivity contribution in [2.24, 2.45) is 0 Å². The number of fused-ring (bicyclic) bond motifs is 3. The van der Waals surface area contributed by atoms with Crippen LogP contribution in [0.2, 0.25) is 0 Å². The zero-order chi connectivity index (χ0) is 44.0. The molecule has 1 atom stereocenters. The van der Waals surface area contributed by atoms with Crippen LogP contribution < -0.4 is 14.5 Å². The standard InChI is InChI=1S/C60H66N2O/c1-9-43-22-28-52(36-47(43)13-5)61(53-29-23-44(10-2)48(14-6)37-53)51-26-19-41(20-27-51)17-18-42-21-33-57-58-34-32-56(40-60(58)63-59(57)35-42)62(54-30-24-45(11-3)49(15-7)38-54)55-31-25-46(12-4)50(16-8)39-55/h17-34,36-40,59H,9-16,35H2,1-8H3/b18-17+. The molecule has 3 heteroatoms. The molecule has 8 rings (SSSR count). The van der Waals surface area contributed by atoms with E-state index in [2.05, 4.69) is 205 Å². The van der Waals surface area contributed by atoms with Crippen molar-refractivity contribution in [3.63, 3.8) is 0 Å². The van der Waals surface area contributed by atoms with E-state index in [0.29, 0.717) is 0 Å². The predicted molar refractivity (Wildman–Crippen MR) is 271 cm³/mol. The maximum Gasteiger partial charge on any atom is 0.129 e. The van der Waals surface area contributed by atoms with Crippen molar-refractivity contribution < 1.29 is 4.74 Å². The van der Waals surface area contributed by atoms with Crippen LogP contribution in [0.25, 0.3) is 11.6 Å². The van der Waals surface area contributed by atoms with E-state index >= 15 is 0 Å². The lowest BCUT2D eigenvalue weighted by molar-refractivity contribution is 0.276. The Kier molecular flexibility index (Phi) is 13.5. The normalized spacial score (nSPS) is 14.3. The number of rotatable bonds is 16. The van der Waals surface area contributed by atoms with E-state index in [0.717, 1.165) is 74.9 Å². The van der Waals surface area contributed by atoms with Gasteiger partial charge in [-0.15, -0.1) is 0 Å². The van der Waals surface area contributed by atoms with Gasteiger partial charge in [0, 0.05) is 57.7 Å². The molecule has 0 bridgehead atoms. The molecule has 3 nitrogen and oxygen atoms in total. The van der Waals surface area contributed by atoms with Gasteiger partial charge < -0.3 is 14.5 Å². The number of nitrogens with zero attached hydrogens (tertiary/aromatic N) is 2. The molecule has 0 fully saturated rings. The molecular weight excluding hydrogens is 765 g/mol. The van der Waals surface area contributed by atoms with E-state index in [1.807, 2.05) is 0 Å². The second kappa shape index (κ2) is 19.5. The van der Waals surface area contributed by atoms with E-state index < -0.39 is 0 Å². The third kappa shape index (κ3) is 8.94. The summed E-state index contributed by atoms with van der Waals surface area (Å²) in [5, 5.41) is 0. The van der Waals surface area contributed by atoms with Gasteiger partial charge in [0.25, 0.3) is 0 Å². The fraction of sp³-hybridized carbons (Fsp3) is 0.300. The maximum absolute atomic E-state index is 6.83. The molecule has 63 heavy (non-hydrogen) atoms. The first-order valence-corrected chi connectivity index (χ1v) is 23.9. The summed E-state index contributed by atoms with van der Waals surface area (Å²) >= 11 is 0. The number of hydrogen-bond donors (Lipinski definition) is 0. The van der Waals surface area contributed by atoms with E-state index in [1.165, 1.54) is 89.5 Å². The van der Waals surface area contributed by atoms with Crippen LogP contribution >= 0.6 is 0 Å². The van der Waals surface area contributed by atoms with Crippen LogP contribution in [0.15, 0.2) is 139 Å². The Bertz CT molecular complexity index is 2570. The van der Waals surface area contributed by atoms with E-state index in [9.17, 15) is 0 Å². The SMILES string of the molecule is CCc1ccc(N(c2ccc(/C=C/C3=CC=C4c5ccc(N(c6ccc(CC)c(CC)c6)c6ccc(CC)c(CC)c6)cc5OC4C3)cc2)c2ccc(CC)c(CC)c2)cc1CC. The summed E-state index contributed by atoms with van der Waals surface area (Å²) in [6.45, 7) is 18.1. The molecule has 6 aromatic rings. The molecule has 1 unspecified atom stereocenters. The Morgan fingerprint density at radius 1 is 0.413 bits per heavy atom. The van der Waals surface area contributed by atoms with Crippen molar-refractivity contribution in [1.29, 1.82) is 0 Å². The molecule has 0 radical (unpaired) electrons. The summed E-state index contributed by atoms with van der Waals surface area (Å²) in [6.07, 6.45) is 18.1. The van der Waals surface area contributed by atoms with Gasteiger partial charge in [0.1, 0.15) is 11.9 Å². The van der Waals surface area contributed by atoms with Crippen LogP contribution in [0.3, 0.4) is 0 Å². The van der Waals surface area contributed by atoms with Crippen LogP contribution in [0.4, 0.5) is 34.1 Å². The second-order valence-corrected chi connectivity index (χ2v) is 17.1. The Balaban J connectivity index is 1.04. The van der Waals surface area contributed by atoms with Crippen molar-refractivity contribution in [3.05, 3.63) is 195 Å². The second-order valence-electron chi connectivity index (χ2n) is 17.1. The Morgan fingerprint density at radius 3 is 1.22 bits per heavy atom. The molecule has 1 heterocycles. The summed E-state index contributed by atoms with van der Waals surface area (Å²) < 4.78 is 6.83. The maximum atomic E-state index is 6.83. The van der Waals surface area contributed by atoms with Crippen molar-refractivity contribution in [1.82, 2.24) is 0 Å². The molecule has 0 N–H and O–H groups in total. The predicted octanol–water partition coefficient (Wildman–Crippen LogP) is 16.3. The largest absolute Gasteiger partial charge is 0.485 e. The average molecular weight is 831 g/mol. The number of hydrogen-bond acceptors (Lipinski definition) is 3. The van der Waals surface area contributed by atoms with Gasteiger partial charge in [0.2, 0.25) is 0 Å². The molecule has 0 amide bonds. The Labute approximate surface area is 378 Å². The first-order chi connectivity index (χ1) is 30.8. The van der Waals surface area contributed by atoms with Gasteiger partial charge in [-0.2, -0.15) is 0 Å². The monoisotopic (exact) mass is 831 g/mol. The van der Waals surface area contributed by atoms with Crippen molar-refractivity contribution in [2.75, 3.05) is 9.80 Å². The molecule has 0 saturated heterocycles. The summed E-state index contributed by atoms with van der Waals surface area (Å²) in [5.74, 6) is 0.958. The highest BCUT2D eigenvalue weighted by Gasteiger charge is 2.31. The smallest absolute Gasteiger partial charge is 0.129 e. The lowest BCUT2D eigenvalue weighted by atomic mass is 9.92. The van der Waals surface area contributed by atoms with Crippen molar-refractivity contribution in [2.45, 2.75) is 119 Å². The first kappa shape index (κ1) is 43.6. The third-order valence-corrected chi connectivity index (χ3v) is 13.5. The average Bonchev–Trinajstić information content (AvgIpc) is 3.70. The summed E-state index contributed by atoms with van der Waals surface area (Å²) in [5.41, 5.74) is 23.3. The minimum atomic E-state index is -0.00503. The molecule has 1 aliphatic carbocycles. The van der Waals surface area contributed by atoms with Crippen LogP contribution in [0, 0.1) is 0 Å². The zero-order valence-corrected chi connectivity index (χ0v) is 39.0. The number of ether oxygens (including phenoxy) is 1. The fourth-order valence-corrected chi connectivity index (χ4v) is 9.86. The molecule has 2 aliphatic rings. The van der Waals surface area contributed by atoms with Crippen LogP contribution in [-0.4, -0.2) is 6.10 Å². The van der Waals surface area contributed by atoms with Crippen LogP contribution in [-0.2, 0) is 51.4 Å². The van der Waals surface area contributed by atoms with Crippen molar-refractivity contribution in [3.8, 4) is 5.75 Å². The zero-order valence-electron chi connectivity index (χ0n) is 39.0. The number of benzene rings is 6. The minimum absolute atomic E-state index is 0.00503. The highest BCUT2D eigenvalue weighted by molar-refractivity contribution is 5.85. The highest BCUT2D eigenvalue weighted by atomic mass is 16.5. The number of anilines is 6. The van der Waals surface area contributed by atoms with Crippen LogP contribution in [0.5, 0.6) is 5.75 Å². The van der Waals surface area contributed by atoms with Crippen molar-refractivity contribution >= 4 is 45.8 Å². The third-order valence-electron chi connectivity index (χ3n) is 13.5. The quantitative estimate of drug-likeness (QED) is 0.0966. The molecule has 0 spiro atoms. The van der Waals surface area contributed by atoms with Gasteiger partial charge >= 0.3 is 0 Å². The molecule has 1 aliphatic heterocycles. The minimum Gasteiger partial charge on any atom is -0.485 e. The van der Waals surface area contributed by atoms with Gasteiger partial charge in [-0.25, -0.2) is 0 Å². The van der Waals surface area contributed by atoms with Gasteiger partial charge in [-0.1, -0.05) is 116 Å².